The summed E-state index contributed by atoms with van der Waals surface area (Å²) in [5, 5.41) is 0. The molecule has 1 aromatic carbocycles. The third-order valence-electron chi connectivity index (χ3n) is 2.88. The normalized spacial score (nSPS) is 14.8. The molecule has 1 aromatic rings. The number of hydrogen-bond donors (Lipinski definition) is 1. The van der Waals surface area contributed by atoms with Gasteiger partial charge >= 0.3 is 0 Å². The number of ether oxygens (including phenoxy) is 1. The predicted octanol–water partition coefficient (Wildman–Crippen LogP) is 4.29. The highest BCUT2D eigenvalue weighted by atomic mass is 79.9. The number of hydrogen-bond acceptors (Lipinski definition) is 2. The zero-order valence-corrected chi connectivity index (χ0v) is 13.1. The Bertz CT molecular complexity index is 352. The molecule has 1 rings (SSSR count). The van der Waals surface area contributed by atoms with Crippen molar-refractivity contribution in [1.29, 1.82) is 0 Å². The third-order valence-corrected chi connectivity index (χ3v) is 3.37. The molecule has 0 bridgehead atoms. The Labute approximate surface area is 119 Å². The van der Waals surface area contributed by atoms with Gasteiger partial charge in [-0.3, -0.25) is 0 Å². The van der Waals surface area contributed by atoms with E-state index in [4.69, 9.17) is 10.5 Å². The fourth-order valence-corrected chi connectivity index (χ4v) is 2.35. The number of nitrogens with two attached hydrogens (primary N) is 1. The van der Waals surface area contributed by atoms with Crippen LogP contribution in [0, 0.1) is 5.92 Å². The fourth-order valence-electron chi connectivity index (χ4n) is 1.94. The van der Waals surface area contributed by atoms with E-state index in [0.29, 0.717) is 0 Å². The lowest BCUT2D eigenvalue weighted by Crippen LogP contribution is -2.27. The molecule has 2 N–H and O–H groups in total. The molecule has 0 amide bonds. The van der Waals surface area contributed by atoms with Crippen molar-refractivity contribution in [2.75, 3.05) is 6.61 Å². The van der Waals surface area contributed by atoms with Crippen LogP contribution in [0.1, 0.15) is 45.3 Å². The molecule has 0 aliphatic rings. The van der Waals surface area contributed by atoms with Crippen molar-refractivity contribution in [2.24, 2.45) is 11.7 Å². The molecule has 2 nitrogen and oxygen atoms in total. The first-order valence-corrected chi connectivity index (χ1v) is 7.42. The minimum Gasteiger partial charge on any atom is -0.372 e. The second kappa shape index (κ2) is 7.93. The van der Waals surface area contributed by atoms with Crippen LogP contribution in [0.2, 0.25) is 0 Å². The van der Waals surface area contributed by atoms with Crippen molar-refractivity contribution in [3.8, 4) is 0 Å². The van der Waals surface area contributed by atoms with Crippen LogP contribution in [-0.4, -0.2) is 12.6 Å². The maximum absolute atomic E-state index is 6.02. The van der Waals surface area contributed by atoms with Crippen LogP contribution in [0.15, 0.2) is 28.7 Å². The summed E-state index contributed by atoms with van der Waals surface area (Å²) in [6, 6.07) is 8.18. The van der Waals surface area contributed by atoms with Gasteiger partial charge in [0.2, 0.25) is 0 Å². The van der Waals surface area contributed by atoms with Crippen LogP contribution in [0.4, 0.5) is 0 Å². The Morgan fingerprint density at radius 3 is 2.56 bits per heavy atom. The number of halogens is 1. The summed E-state index contributed by atoms with van der Waals surface area (Å²) in [6.45, 7) is 7.24. The van der Waals surface area contributed by atoms with Crippen molar-refractivity contribution in [2.45, 2.75) is 45.8 Å². The quantitative estimate of drug-likeness (QED) is 0.762. The largest absolute Gasteiger partial charge is 0.372 e. The van der Waals surface area contributed by atoms with E-state index in [1.165, 1.54) is 6.42 Å². The van der Waals surface area contributed by atoms with Crippen molar-refractivity contribution in [3.05, 3.63) is 34.3 Å². The smallest absolute Gasteiger partial charge is 0.0973 e. The van der Waals surface area contributed by atoms with Crippen molar-refractivity contribution < 1.29 is 4.74 Å². The highest BCUT2D eigenvalue weighted by Crippen LogP contribution is 2.24. The second-order valence-electron chi connectivity index (χ2n) is 5.24. The van der Waals surface area contributed by atoms with E-state index in [1.807, 2.05) is 19.1 Å². The van der Waals surface area contributed by atoms with E-state index in [9.17, 15) is 0 Å². The highest BCUT2D eigenvalue weighted by Gasteiger charge is 2.16. The number of rotatable bonds is 7. The van der Waals surface area contributed by atoms with Gasteiger partial charge in [-0.05, 0) is 43.4 Å². The molecular formula is C15H24BrNO. The monoisotopic (exact) mass is 313 g/mol. The first kappa shape index (κ1) is 15.7. The summed E-state index contributed by atoms with van der Waals surface area (Å²) >= 11 is 3.48. The molecule has 0 fully saturated rings. The van der Waals surface area contributed by atoms with E-state index in [-0.39, 0.29) is 12.1 Å². The van der Waals surface area contributed by atoms with Gasteiger partial charge < -0.3 is 10.5 Å². The maximum atomic E-state index is 6.02. The summed E-state index contributed by atoms with van der Waals surface area (Å²) in [4.78, 5) is 0. The second-order valence-corrected chi connectivity index (χ2v) is 6.16. The first-order valence-electron chi connectivity index (χ1n) is 6.63. The summed E-state index contributed by atoms with van der Waals surface area (Å²) in [7, 11) is 0. The number of benzene rings is 1. The van der Waals surface area contributed by atoms with Crippen molar-refractivity contribution >= 4 is 15.9 Å². The molecule has 18 heavy (non-hydrogen) atoms. The van der Waals surface area contributed by atoms with Crippen LogP contribution < -0.4 is 5.73 Å². The molecule has 0 spiro atoms. The zero-order valence-electron chi connectivity index (χ0n) is 11.5. The van der Waals surface area contributed by atoms with E-state index < -0.39 is 0 Å². The molecule has 0 radical (unpaired) electrons. The van der Waals surface area contributed by atoms with Crippen LogP contribution in [0.25, 0.3) is 0 Å². The lowest BCUT2D eigenvalue weighted by molar-refractivity contribution is 0.0348. The van der Waals surface area contributed by atoms with Gasteiger partial charge in [0.25, 0.3) is 0 Å². The minimum atomic E-state index is -0.0188. The van der Waals surface area contributed by atoms with Gasteiger partial charge in [-0.25, -0.2) is 0 Å². The SMILES string of the molecule is CC(C)CCCOC(c1cccc(Br)c1)C(C)N. The van der Waals surface area contributed by atoms with Gasteiger partial charge in [-0.15, -0.1) is 0 Å². The Balaban J connectivity index is 2.55. The molecule has 0 saturated heterocycles. The van der Waals surface area contributed by atoms with Crippen molar-refractivity contribution in [1.82, 2.24) is 0 Å². The third kappa shape index (κ3) is 5.51. The Morgan fingerprint density at radius 1 is 1.28 bits per heavy atom. The van der Waals surface area contributed by atoms with Crippen LogP contribution in [0.3, 0.4) is 0 Å². The van der Waals surface area contributed by atoms with Crippen molar-refractivity contribution in [3.63, 3.8) is 0 Å². The standard InChI is InChI=1S/C15H24BrNO/c1-11(2)6-5-9-18-15(12(3)17)13-7-4-8-14(16)10-13/h4,7-8,10-12,15H,5-6,9,17H2,1-3H3. The molecule has 0 heterocycles. The Kier molecular flexibility index (Phi) is 6.90. The molecule has 3 heteroatoms. The van der Waals surface area contributed by atoms with Crippen LogP contribution in [-0.2, 0) is 4.74 Å². The minimum absolute atomic E-state index is 0.00153. The Hall–Kier alpha value is -0.380. The average Bonchev–Trinajstić information content (AvgIpc) is 2.27. The highest BCUT2D eigenvalue weighted by molar-refractivity contribution is 9.10. The van der Waals surface area contributed by atoms with Gasteiger partial charge in [-0.2, -0.15) is 0 Å². The van der Waals surface area contributed by atoms with Gasteiger partial charge in [-0.1, -0.05) is 41.9 Å². The average molecular weight is 314 g/mol. The van der Waals surface area contributed by atoms with Gasteiger partial charge in [0, 0.05) is 17.1 Å². The van der Waals surface area contributed by atoms with E-state index >= 15 is 0 Å². The summed E-state index contributed by atoms with van der Waals surface area (Å²) < 4.78 is 7.02. The molecule has 0 aromatic heterocycles. The van der Waals surface area contributed by atoms with Gasteiger partial charge in [0.15, 0.2) is 0 Å². The maximum Gasteiger partial charge on any atom is 0.0973 e. The van der Waals surface area contributed by atoms with E-state index in [1.54, 1.807) is 0 Å². The molecular weight excluding hydrogens is 290 g/mol. The van der Waals surface area contributed by atoms with Crippen LogP contribution >= 0.6 is 15.9 Å². The molecule has 2 atom stereocenters. The molecule has 0 aliphatic heterocycles. The molecule has 0 aliphatic carbocycles. The summed E-state index contributed by atoms with van der Waals surface area (Å²) in [5.41, 5.74) is 7.16. The topological polar surface area (TPSA) is 35.2 Å². The van der Waals surface area contributed by atoms with Gasteiger partial charge in [0.1, 0.15) is 0 Å². The van der Waals surface area contributed by atoms with Crippen LogP contribution in [0.5, 0.6) is 0 Å². The molecule has 0 saturated carbocycles. The summed E-state index contributed by atoms with van der Waals surface area (Å²) in [5.74, 6) is 0.730. The van der Waals surface area contributed by atoms with E-state index in [2.05, 4.69) is 41.9 Å². The lowest BCUT2D eigenvalue weighted by Gasteiger charge is -2.22. The lowest BCUT2D eigenvalue weighted by atomic mass is 10.0. The molecule has 2 unspecified atom stereocenters. The Morgan fingerprint density at radius 2 is 2.00 bits per heavy atom. The zero-order chi connectivity index (χ0) is 13.5. The fraction of sp³-hybridized carbons (Fsp3) is 0.600. The predicted molar refractivity (Wildman–Crippen MR) is 80.6 cm³/mol. The van der Waals surface area contributed by atoms with E-state index in [0.717, 1.165) is 29.0 Å². The van der Waals surface area contributed by atoms with Gasteiger partial charge in [0.05, 0.1) is 6.10 Å². The first-order chi connectivity index (χ1) is 8.50. The molecule has 102 valence electrons. The summed E-state index contributed by atoms with van der Waals surface area (Å²) in [6.07, 6.45) is 2.27.